The number of benzene rings is 1. The number of methoxy groups -OCH3 is 1. The summed E-state index contributed by atoms with van der Waals surface area (Å²) < 4.78 is 10.6. The molecule has 4 nitrogen and oxygen atoms in total. The Balaban J connectivity index is 2.36. The van der Waals surface area contributed by atoms with Crippen molar-refractivity contribution in [2.24, 2.45) is 0 Å². The molecule has 1 unspecified atom stereocenters. The van der Waals surface area contributed by atoms with Crippen LogP contribution >= 0.6 is 0 Å². The molecule has 1 atom stereocenters. The van der Waals surface area contributed by atoms with Crippen LogP contribution in [0.25, 0.3) is 0 Å². The van der Waals surface area contributed by atoms with E-state index in [1.807, 2.05) is 23.0 Å². The molecule has 0 aromatic heterocycles. The molecule has 0 radical (unpaired) electrons. The Morgan fingerprint density at radius 3 is 2.89 bits per heavy atom. The third-order valence-electron chi connectivity index (χ3n) is 3.45. The van der Waals surface area contributed by atoms with Gasteiger partial charge in [0.15, 0.2) is 6.79 Å². The van der Waals surface area contributed by atoms with Gasteiger partial charge < -0.3 is 19.3 Å². The predicted octanol–water partition coefficient (Wildman–Crippen LogP) is 2.09. The van der Waals surface area contributed by atoms with Crippen molar-refractivity contribution in [3.8, 4) is 5.75 Å². The van der Waals surface area contributed by atoms with Gasteiger partial charge in [0, 0.05) is 30.8 Å². The van der Waals surface area contributed by atoms with Gasteiger partial charge >= 0.3 is 7.05 Å². The lowest BCUT2D eigenvalue weighted by molar-refractivity contribution is 0.0503. The van der Waals surface area contributed by atoms with Gasteiger partial charge in [-0.3, -0.25) is 0 Å². The molecular weight excluding hydrogens is 229 g/mol. The van der Waals surface area contributed by atoms with Gasteiger partial charge in [0.25, 0.3) is 0 Å². The summed E-state index contributed by atoms with van der Waals surface area (Å²) in [6.07, 6.45) is 1.03. The molecule has 1 aromatic rings. The Hall–Kier alpha value is -1.20. The fraction of sp³-hybridized carbons (Fsp3) is 0.538. The molecule has 1 aromatic carbocycles. The average Bonchev–Trinajstić information content (AvgIpc) is 2.75. The van der Waals surface area contributed by atoms with Gasteiger partial charge in [0.1, 0.15) is 5.75 Å². The maximum Gasteiger partial charge on any atom is 0.409 e. The summed E-state index contributed by atoms with van der Waals surface area (Å²) in [4.78, 5) is 2.02. The highest BCUT2D eigenvalue weighted by Crippen LogP contribution is 2.43. The lowest BCUT2D eigenvalue weighted by atomic mass is 9.85. The van der Waals surface area contributed by atoms with E-state index in [-0.39, 0.29) is 6.79 Å². The summed E-state index contributed by atoms with van der Waals surface area (Å²) >= 11 is 0. The third kappa shape index (κ3) is 2.33. The van der Waals surface area contributed by atoms with Crippen LogP contribution in [0.3, 0.4) is 0 Å². The molecule has 0 amide bonds. The number of hydrogen-bond donors (Lipinski definition) is 1. The van der Waals surface area contributed by atoms with E-state index in [4.69, 9.17) is 9.47 Å². The molecule has 0 saturated carbocycles. The van der Waals surface area contributed by atoms with Crippen molar-refractivity contribution in [1.29, 1.82) is 0 Å². The first-order chi connectivity index (χ1) is 8.69. The minimum Gasteiger partial charge on any atom is -0.467 e. The van der Waals surface area contributed by atoms with Crippen LogP contribution in [0.15, 0.2) is 18.2 Å². The summed E-state index contributed by atoms with van der Waals surface area (Å²) in [5.74, 6) is 1.27. The normalized spacial score (nSPS) is 17.8. The number of fused-ring (bicyclic) bond motifs is 1. The molecular formula is C13H20BNO3. The minimum absolute atomic E-state index is 0.252. The molecule has 0 bridgehead atoms. The maximum absolute atomic E-state index is 9.84. The fourth-order valence-corrected chi connectivity index (χ4v) is 2.56. The topological polar surface area (TPSA) is 41.9 Å². The van der Waals surface area contributed by atoms with Gasteiger partial charge in [0.2, 0.25) is 0 Å². The second-order valence-electron chi connectivity index (χ2n) is 4.63. The quantitative estimate of drug-likeness (QED) is 0.641. The molecule has 1 N–H and O–H groups in total. The Labute approximate surface area is 109 Å². The SMILES string of the molecule is CCC1CN(B(C)O)c2cccc(OCOC)c21. The van der Waals surface area contributed by atoms with E-state index in [1.54, 1.807) is 13.9 Å². The number of nitrogens with zero attached hydrogens (tertiary/aromatic N) is 1. The molecule has 18 heavy (non-hydrogen) atoms. The van der Waals surface area contributed by atoms with Crippen molar-refractivity contribution >= 4 is 12.7 Å². The van der Waals surface area contributed by atoms with Gasteiger partial charge in [-0.15, -0.1) is 0 Å². The number of hydrogen-bond acceptors (Lipinski definition) is 4. The summed E-state index contributed by atoms with van der Waals surface area (Å²) in [5.41, 5.74) is 2.27. The van der Waals surface area contributed by atoms with Crippen molar-refractivity contribution in [3.63, 3.8) is 0 Å². The predicted molar refractivity (Wildman–Crippen MR) is 73.2 cm³/mol. The lowest BCUT2D eigenvalue weighted by Crippen LogP contribution is -2.35. The van der Waals surface area contributed by atoms with Gasteiger partial charge in [-0.2, -0.15) is 0 Å². The van der Waals surface area contributed by atoms with E-state index in [1.165, 1.54) is 5.56 Å². The first-order valence-electron chi connectivity index (χ1n) is 6.38. The largest absolute Gasteiger partial charge is 0.467 e. The van der Waals surface area contributed by atoms with E-state index < -0.39 is 7.05 Å². The van der Waals surface area contributed by atoms with E-state index in [9.17, 15) is 5.02 Å². The molecule has 1 heterocycles. The van der Waals surface area contributed by atoms with Crippen molar-refractivity contribution in [2.75, 3.05) is 25.3 Å². The standard InChI is InChI=1S/C13H20BNO3/c1-4-10-8-15(14(2)16)11-6-5-7-12(13(10)11)18-9-17-3/h5-7,10,16H,4,8-9H2,1-3H3. The van der Waals surface area contributed by atoms with Crippen molar-refractivity contribution in [3.05, 3.63) is 23.8 Å². The van der Waals surface area contributed by atoms with Gasteiger partial charge in [-0.1, -0.05) is 13.0 Å². The lowest BCUT2D eigenvalue weighted by Gasteiger charge is -2.20. The number of anilines is 1. The summed E-state index contributed by atoms with van der Waals surface area (Å²) in [7, 11) is 1.14. The van der Waals surface area contributed by atoms with Crippen LogP contribution in [0.1, 0.15) is 24.8 Å². The first-order valence-corrected chi connectivity index (χ1v) is 6.38. The average molecular weight is 249 g/mol. The first kappa shape index (κ1) is 13.2. The van der Waals surface area contributed by atoms with Crippen LogP contribution in [-0.2, 0) is 4.74 Å². The molecule has 0 spiro atoms. The van der Waals surface area contributed by atoms with Gasteiger partial charge in [-0.25, -0.2) is 0 Å². The monoisotopic (exact) mass is 249 g/mol. The second-order valence-corrected chi connectivity index (χ2v) is 4.63. The van der Waals surface area contributed by atoms with E-state index in [2.05, 4.69) is 6.92 Å². The summed E-state index contributed by atoms with van der Waals surface area (Å²) in [6, 6.07) is 5.96. The Kier molecular flexibility index (Phi) is 4.14. The fourth-order valence-electron chi connectivity index (χ4n) is 2.56. The zero-order chi connectivity index (χ0) is 13.1. The second kappa shape index (κ2) is 5.63. The Bertz CT molecular complexity index is 411. The Morgan fingerprint density at radius 1 is 1.50 bits per heavy atom. The van der Waals surface area contributed by atoms with Gasteiger partial charge in [0.05, 0.1) is 0 Å². The van der Waals surface area contributed by atoms with Crippen LogP contribution in [0, 0.1) is 0 Å². The van der Waals surface area contributed by atoms with Crippen LogP contribution < -0.4 is 9.55 Å². The van der Waals surface area contributed by atoms with E-state index in [0.717, 1.165) is 24.4 Å². The van der Waals surface area contributed by atoms with Crippen LogP contribution in [0.4, 0.5) is 5.69 Å². The molecule has 1 aliphatic heterocycles. The van der Waals surface area contributed by atoms with Crippen LogP contribution in [-0.4, -0.2) is 32.5 Å². The van der Waals surface area contributed by atoms with Crippen molar-refractivity contribution < 1.29 is 14.5 Å². The summed E-state index contributed by atoms with van der Waals surface area (Å²) in [5, 5.41) is 9.84. The number of rotatable bonds is 5. The highest BCUT2D eigenvalue weighted by Gasteiger charge is 2.33. The molecule has 0 aliphatic carbocycles. The molecule has 98 valence electrons. The minimum atomic E-state index is -0.474. The highest BCUT2D eigenvalue weighted by molar-refractivity contribution is 6.54. The molecule has 2 rings (SSSR count). The third-order valence-corrected chi connectivity index (χ3v) is 3.45. The molecule has 5 heteroatoms. The van der Waals surface area contributed by atoms with Gasteiger partial charge in [-0.05, 0) is 25.4 Å². The Morgan fingerprint density at radius 2 is 2.28 bits per heavy atom. The summed E-state index contributed by atoms with van der Waals surface area (Å²) in [6.45, 7) is 5.05. The van der Waals surface area contributed by atoms with Crippen molar-refractivity contribution in [1.82, 2.24) is 0 Å². The van der Waals surface area contributed by atoms with E-state index in [0.29, 0.717) is 5.92 Å². The zero-order valence-corrected chi connectivity index (χ0v) is 11.2. The van der Waals surface area contributed by atoms with Crippen molar-refractivity contribution in [2.45, 2.75) is 26.1 Å². The number of ether oxygens (including phenoxy) is 2. The smallest absolute Gasteiger partial charge is 0.409 e. The molecule has 0 saturated heterocycles. The maximum atomic E-state index is 9.84. The zero-order valence-electron chi connectivity index (χ0n) is 11.2. The van der Waals surface area contributed by atoms with E-state index >= 15 is 0 Å². The van der Waals surface area contributed by atoms with Crippen LogP contribution in [0.5, 0.6) is 5.75 Å². The highest BCUT2D eigenvalue weighted by atomic mass is 16.7. The molecule has 1 aliphatic rings. The molecule has 0 fully saturated rings. The van der Waals surface area contributed by atoms with Crippen LogP contribution in [0.2, 0.25) is 6.82 Å².